The second kappa shape index (κ2) is 2.06. The van der Waals surface area contributed by atoms with Gasteiger partial charge in [-0.05, 0) is 0 Å². The lowest BCUT2D eigenvalue weighted by Gasteiger charge is -2.07. The van der Waals surface area contributed by atoms with Crippen molar-refractivity contribution in [2.24, 2.45) is 0 Å². The molecule has 0 atom stereocenters. The minimum Gasteiger partial charge on any atom is -0.381 e. The highest BCUT2D eigenvalue weighted by Gasteiger charge is 2.25. The Hall–Kier alpha value is -0.680. The predicted molar refractivity (Wildman–Crippen MR) is 20.0 cm³/mol. The van der Waals surface area contributed by atoms with Crippen LogP contribution < -0.4 is 0 Å². The average Bonchev–Trinajstić information content (AvgIpc) is 1.21. The fourth-order valence-electron chi connectivity index (χ4n) is 0.183. The van der Waals surface area contributed by atoms with Crippen LogP contribution >= 0.6 is 0 Å². The molecule has 0 bridgehead atoms. The van der Waals surface area contributed by atoms with Crippen LogP contribution in [0.2, 0.25) is 0 Å². The third-order valence-corrected chi connectivity index (χ3v) is 0.274. The fourth-order valence-corrected chi connectivity index (χ4v) is 0.183. The van der Waals surface area contributed by atoms with Gasteiger partial charge in [0, 0.05) is 6.92 Å². The molecule has 0 aromatic carbocycles. The van der Waals surface area contributed by atoms with E-state index in [1.165, 1.54) is 0 Å². The molecule has 0 fully saturated rings. The SMILES string of the molecule is CC(=O)OC(O)(O)F. The van der Waals surface area contributed by atoms with E-state index in [1.807, 2.05) is 0 Å². The third-order valence-electron chi connectivity index (χ3n) is 0.274. The molecule has 2 N–H and O–H groups in total. The maximum absolute atomic E-state index is 11.3. The fraction of sp³-hybridized carbons (Fsp3) is 0.667. The van der Waals surface area contributed by atoms with Gasteiger partial charge in [0.25, 0.3) is 0 Å². The van der Waals surface area contributed by atoms with E-state index in [9.17, 15) is 9.18 Å². The molecule has 0 heterocycles. The first kappa shape index (κ1) is 7.32. The van der Waals surface area contributed by atoms with Crippen LogP contribution in [0.25, 0.3) is 0 Å². The van der Waals surface area contributed by atoms with E-state index >= 15 is 0 Å². The van der Waals surface area contributed by atoms with Crippen LogP contribution in [0.15, 0.2) is 0 Å². The number of esters is 1. The molecule has 0 aromatic heterocycles. The number of hydrogen-bond acceptors (Lipinski definition) is 4. The number of carbonyl (C=O) groups is 1. The third kappa shape index (κ3) is 5.32. The Bertz CT molecular complexity index is 93.9. The molecule has 0 aromatic rings. The van der Waals surface area contributed by atoms with Gasteiger partial charge in [-0.25, -0.2) is 0 Å². The minimum absolute atomic E-state index is 0.848. The number of ether oxygens (including phenoxy) is 1. The van der Waals surface area contributed by atoms with Crippen molar-refractivity contribution in [3.8, 4) is 0 Å². The highest BCUT2D eigenvalue weighted by Crippen LogP contribution is 2.01. The Morgan fingerprint density at radius 3 is 2.12 bits per heavy atom. The first-order valence-corrected chi connectivity index (χ1v) is 1.75. The lowest BCUT2D eigenvalue weighted by atomic mass is 10.8. The Labute approximate surface area is 44.5 Å². The van der Waals surface area contributed by atoms with Crippen molar-refractivity contribution < 1.29 is 24.1 Å². The summed E-state index contributed by atoms with van der Waals surface area (Å²) in [7, 11) is 0. The van der Waals surface area contributed by atoms with Gasteiger partial charge in [0.15, 0.2) is 0 Å². The molecule has 0 saturated heterocycles. The zero-order valence-corrected chi connectivity index (χ0v) is 4.09. The van der Waals surface area contributed by atoms with Crippen molar-refractivity contribution in [3.05, 3.63) is 0 Å². The molecule has 0 saturated carbocycles. The van der Waals surface area contributed by atoms with Gasteiger partial charge in [0.05, 0.1) is 0 Å². The number of aliphatic hydroxyl groups is 2. The molecule has 0 spiro atoms. The second-order valence-corrected chi connectivity index (χ2v) is 1.12. The van der Waals surface area contributed by atoms with Gasteiger partial charge in [0.1, 0.15) is 0 Å². The lowest BCUT2D eigenvalue weighted by Crippen LogP contribution is -2.27. The van der Waals surface area contributed by atoms with Gasteiger partial charge < -0.3 is 14.9 Å². The van der Waals surface area contributed by atoms with Crippen LogP contribution in [0.3, 0.4) is 0 Å². The molecule has 0 radical (unpaired) electrons. The average molecular weight is 124 g/mol. The molecular formula is C3H5FO4. The topological polar surface area (TPSA) is 66.8 Å². The molecule has 0 aliphatic heterocycles. The van der Waals surface area contributed by atoms with Crippen LogP contribution in [0.1, 0.15) is 6.92 Å². The van der Waals surface area contributed by atoms with Crippen LogP contribution in [0.4, 0.5) is 4.39 Å². The van der Waals surface area contributed by atoms with Crippen LogP contribution in [0, 0.1) is 0 Å². The van der Waals surface area contributed by atoms with Crippen molar-refractivity contribution in [2.45, 2.75) is 13.2 Å². The van der Waals surface area contributed by atoms with Gasteiger partial charge in [-0.1, -0.05) is 0 Å². The smallest absolute Gasteiger partial charge is 0.381 e. The van der Waals surface area contributed by atoms with Crippen molar-refractivity contribution in [3.63, 3.8) is 0 Å². The number of halogens is 1. The molecule has 8 heavy (non-hydrogen) atoms. The first-order valence-electron chi connectivity index (χ1n) is 1.75. The molecule has 48 valence electrons. The lowest BCUT2D eigenvalue weighted by molar-refractivity contribution is -0.393. The van der Waals surface area contributed by atoms with Crippen LogP contribution in [0.5, 0.6) is 0 Å². The number of alkyl halides is 1. The Kier molecular flexibility index (Phi) is 1.88. The van der Waals surface area contributed by atoms with E-state index in [2.05, 4.69) is 4.74 Å². The highest BCUT2D eigenvalue weighted by molar-refractivity contribution is 5.66. The van der Waals surface area contributed by atoms with E-state index in [0.29, 0.717) is 0 Å². The van der Waals surface area contributed by atoms with E-state index in [1.54, 1.807) is 0 Å². The summed E-state index contributed by atoms with van der Waals surface area (Å²) in [5, 5.41) is 15.3. The minimum atomic E-state index is -3.83. The summed E-state index contributed by atoms with van der Waals surface area (Å²) in [5.74, 6) is -1.10. The van der Waals surface area contributed by atoms with Crippen LogP contribution in [-0.4, -0.2) is 22.4 Å². The highest BCUT2D eigenvalue weighted by atomic mass is 19.2. The summed E-state index contributed by atoms with van der Waals surface area (Å²) in [6.07, 6.45) is -3.83. The molecule has 0 rings (SSSR count). The first-order chi connectivity index (χ1) is 3.42. The Morgan fingerprint density at radius 1 is 1.75 bits per heavy atom. The molecule has 4 nitrogen and oxygen atoms in total. The standard InChI is InChI=1S/C3H5FO4/c1-2(5)8-3(4,6)7/h6-7H,1H3. The van der Waals surface area contributed by atoms with E-state index in [0.717, 1.165) is 6.92 Å². The number of hydrogen-bond donors (Lipinski definition) is 2. The van der Waals surface area contributed by atoms with Gasteiger partial charge in [-0.15, -0.1) is 4.39 Å². The van der Waals surface area contributed by atoms with Crippen molar-refractivity contribution in [1.82, 2.24) is 0 Å². The monoisotopic (exact) mass is 124 g/mol. The predicted octanol–water partition coefficient (Wildman–Crippen LogP) is -0.885. The van der Waals surface area contributed by atoms with Crippen molar-refractivity contribution in [1.29, 1.82) is 0 Å². The zero-order valence-electron chi connectivity index (χ0n) is 4.09. The normalized spacial score (nSPS) is 11.0. The summed E-state index contributed by atoms with van der Waals surface area (Å²) < 4.78 is 14.6. The molecule has 5 heteroatoms. The Morgan fingerprint density at radius 2 is 2.12 bits per heavy atom. The summed E-state index contributed by atoms with van der Waals surface area (Å²) >= 11 is 0. The maximum Gasteiger partial charge on any atom is 0.494 e. The maximum atomic E-state index is 11.3. The quantitative estimate of drug-likeness (QED) is 0.351. The van der Waals surface area contributed by atoms with E-state index < -0.39 is 12.2 Å². The summed E-state index contributed by atoms with van der Waals surface area (Å²) in [6, 6.07) is 0. The van der Waals surface area contributed by atoms with E-state index in [-0.39, 0.29) is 0 Å². The van der Waals surface area contributed by atoms with Crippen molar-refractivity contribution in [2.75, 3.05) is 0 Å². The van der Waals surface area contributed by atoms with Gasteiger partial charge in [-0.2, -0.15) is 0 Å². The van der Waals surface area contributed by atoms with Gasteiger partial charge in [-0.3, -0.25) is 4.79 Å². The second-order valence-electron chi connectivity index (χ2n) is 1.12. The molecule has 0 aliphatic carbocycles. The number of carbonyl (C=O) groups excluding carboxylic acids is 1. The van der Waals surface area contributed by atoms with Crippen LogP contribution in [-0.2, 0) is 9.53 Å². The molecule has 0 unspecified atom stereocenters. The summed E-state index contributed by atoms with van der Waals surface area (Å²) in [4.78, 5) is 9.68. The zero-order chi connectivity index (χ0) is 6.78. The molecule has 0 amide bonds. The number of rotatable bonds is 1. The summed E-state index contributed by atoms with van der Waals surface area (Å²) in [6.45, 7) is 0.848. The largest absolute Gasteiger partial charge is 0.494 e. The summed E-state index contributed by atoms with van der Waals surface area (Å²) in [5.41, 5.74) is 0. The molecular weight excluding hydrogens is 119 g/mol. The van der Waals surface area contributed by atoms with Gasteiger partial charge >= 0.3 is 12.2 Å². The van der Waals surface area contributed by atoms with Gasteiger partial charge in [0.2, 0.25) is 0 Å². The van der Waals surface area contributed by atoms with Crippen molar-refractivity contribution >= 4 is 5.97 Å². The molecule has 0 aliphatic rings. The Balaban J connectivity index is 3.55. The van der Waals surface area contributed by atoms with E-state index in [4.69, 9.17) is 10.2 Å².